The van der Waals surface area contributed by atoms with Crippen LogP contribution in [0.15, 0.2) is 0 Å². The second kappa shape index (κ2) is 4.72. The molecule has 0 heterocycles. The van der Waals surface area contributed by atoms with E-state index in [0.717, 1.165) is 0 Å². The Bertz CT molecular complexity index is 219. The molecule has 0 saturated carbocycles. The first-order chi connectivity index (χ1) is 5.74. The molecule has 6 nitrogen and oxygen atoms in total. The van der Waals surface area contributed by atoms with Crippen molar-refractivity contribution in [2.45, 2.75) is 13.8 Å². The Balaban J connectivity index is 4.14. The average Bonchev–Trinajstić information content (AvgIpc) is 1.82. The van der Waals surface area contributed by atoms with E-state index in [1.54, 1.807) is 13.8 Å². The van der Waals surface area contributed by atoms with E-state index in [9.17, 15) is 9.36 Å². The van der Waals surface area contributed by atoms with Gasteiger partial charge in [-0.1, -0.05) is 13.8 Å². The highest BCUT2D eigenvalue weighted by atomic mass is 31.2. The number of phosphoric ester groups is 1. The molecule has 78 valence electrons. The van der Waals surface area contributed by atoms with Gasteiger partial charge in [-0.05, 0) is 5.92 Å². The Hall–Kier alpha value is -0.420. The van der Waals surface area contributed by atoms with Crippen LogP contribution >= 0.6 is 7.82 Å². The maximum atomic E-state index is 10.5. The molecule has 0 saturated heterocycles. The van der Waals surface area contributed by atoms with Gasteiger partial charge >= 0.3 is 13.8 Å². The minimum absolute atomic E-state index is 0.232. The topological polar surface area (TPSA) is 104 Å². The molecule has 0 aromatic carbocycles. The zero-order valence-corrected chi connectivity index (χ0v) is 8.27. The lowest BCUT2D eigenvalue weighted by molar-refractivity contribution is -0.144. The van der Waals surface area contributed by atoms with Crippen LogP contribution in [0.2, 0.25) is 0 Å². The minimum Gasteiger partial charge on any atom is -0.481 e. The summed E-state index contributed by atoms with van der Waals surface area (Å²) >= 11 is 0. The van der Waals surface area contributed by atoms with Crippen LogP contribution < -0.4 is 0 Å². The second-order valence-corrected chi connectivity index (χ2v) is 4.21. The summed E-state index contributed by atoms with van der Waals surface area (Å²) in [6.07, 6.45) is 0. The van der Waals surface area contributed by atoms with E-state index in [-0.39, 0.29) is 5.92 Å². The van der Waals surface area contributed by atoms with E-state index in [1.807, 2.05) is 0 Å². The zero-order chi connectivity index (χ0) is 10.6. The van der Waals surface area contributed by atoms with E-state index in [4.69, 9.17) is 14.9 Å². The summed E-state index contributed by atoms with van der Waals surface area (Å²) in [7, 11) is -4.56. The highest BCUT2D eigenvalue weighted by molar-refractivity contribution is 7.46. The summed E-state index contributed by atoms with van der Waals surface area (Å²) in [6, 6.07) is 0. The molecule has 3 N–H and O–H groups in total. The van der Waals surface area contributed by atoms with Crippen molar-refractivity contribution >= 4 is 13.8 Å². The fourth-order valence-corrected chi connectivity index (χ4v) is 1.08. The van der Waals surface area contributed by atoms with Gasteiger partial charge in [0.25, 0.3) is 0 Å². The predicted molar refractivity (Wildman–Crippen MR) is 44.0 cm³/mol. The molecular formula is C6H13O6P. The quantitative estimate of drug-likeness (QED) is 0.571. The summed E-state index contributed by atoms with van der Waals surface area (Å²) in [5, 5.41) is 8.61. The molecule has 0 aromatic heterocycles. The van der Waals surface area contributed by atoms with Crippen molar-refractivity contribution in [2.24, 2.45) is 11.8 Å². The highest BCUT2D eigenvalue weighted by Gasteiger charge is 2.25. The number of carbonyl (C=O) groups is 1. The van der Waals surface area contributed by atoms with Gasteiger partial charge in [-0.15, -0.1) is 0 Å². The van der Waals surface area contributed by atoms with Crippen LogP contribution in [0.5, 0.6) is 0 Å². The van der Waals surface area contributed by atoms with Crippen molar-refractivity contribution in [3.05, 3.63) is 0 Å². The summed E-state index contributed by atoms with van der Waals surface area (Å²) in [5.74, 6) is -2.25. The van der Waals surface area contributed by atoms with Gasteiger partial charge in [0.2, 0.25) is 0 Å². The molecule has 7 heteroatoms. The fourth-order valence-electron chi connectivity index (χ4n) is 0.726. The molecule has 0 radical (unpaired) electrons. The molecule has 0 fully saturated rings. The van der Waals surface area contributed by atoms with Crippen LogP contribution in [0.3, 0.4) is 0 Å². The Morgan fingerprint density at radius 1 is 1.46 bits per heavy atom. The SMILES string of the molecule is CC(C)[C@@H](COP(=O)(O)O)C(=O)O. The van der Waals surface area contributed by atoms with Gasteiger partial charge in [0.05, 0.1) is 12.5 Å². The second-order valence-electron chi connectivity index (χ2n) is 2.98. The first kappa shape index (κ1) is 12.6. The molecule has 0 aromatic rings. The molecule has 0 amide bonds. The molecule has 0 aliphatic heterocycles. The van der Waals surface area contributed by atoms with Crippen molar-refractivity contribution in [2.75, 3.05) is 6.61 Å². The standard InChI is InChI=1S/C6H13O6P/c1-4(2)5(6(7)8)3-12-13(9,10)11/h4-5H,3H2,1-2H3,(H,7,8)(H2,9,10,11)/t5-/m1/s1. The monoisotopic (exact) mass is 212 g/mol. The van der Waals surface area contributed by atoms with Crippen molar-refractivity contribution in [1.82, 2.24) is 0 Å². The summed E-state index contributed by atoms with van der Waals surface area (Å²) in [5.41, 5.74) is 0. The average molecular weight is 212 g/mol. The van der Waals surface area contributed by atoms with Crippen LogP contribution in [0.25, 0.3) is 0 Å². The smallest absolute Gasteiger partial charge is 0.469 e. The van der Waals surface area contributed by atoms with E-state index >= 15 is 0 Å². The van der Waals surface area contributed by atoms with Crippen molar-refractivity contribution in [1.29, 1.82) is 0 Å². The normalized spacial score (nSPS) is 14.5. The Kier molecular flexibility index (Phi) is 4.56. The number of carboxylic acids is 1. The maximum absolute atomic E-state index is 10.5. The number of rotatable bonds is 5. The lowest BCUT2D eigenvalue weighted by Crippen LogP contribution is -2.24. The van der Waals surface area contributed by atoms with Crippen LogP contribution in [-0.4, -0.2) is 27.5 Å². The van der Waals surface area contributed by atoms with Crippen LogP contribution in [0.4, 0.5) is 0 Å². The van der Waals surface area contributed by atoms with Gasteiger partial charge < -0.3 is 14.9 Å². The molecule has 0 bridgehead atoms. The molecule has 0 aliphatic carbocycles. The predicted octanol–water partition coefficient (Wildman–Crippen LogP) is 0.452. The number of hydrogen-bond donors (Lipinski definition) is 3. The maximum Gasteiger partial charge on any atom is 0.469 e. The molecule has 0 rings (SSSR count). The molecule has 0 aliphatic rings. The fraction of sp³-hybridized carbons (Fsp3) is 0.833. The minimum atomic E-state index is -4.56. The van der Waals surface area contributed by atoms with E-state index in [2.05, 4.69) is 4.52 Å². The summed E-state index contributed by atoms with van der Waals surface area (Å²) in [6.45, 7) is 2.81. The first-order valence-corrected chi connectivity index (χ1v) is 5.20. The number of hydrogen-bond acceptors (Lipinski definition) is 3. The van der Waals surface area contributed by atoms with Crippen LogP contribution in [0.1, 0.15) is 13.8 Å². The Morgan fingerprint density at radius 3 is 2.15 bits per heavy atom. The molecule has 1 atom stereocenters. The van der Waals surface area contributed by atoms with Crippen LogP contribution in [-0.2, 0) is 13.9 Å². The van der Waals surface area contributed by atoms with E-state index < -0.39 is 26.3 Å². The number of aliphatic carboxylic acids is 1. The van der Waals surface area contributed by atoms with Gasteiger partial charge in [0.1, 0.15) is 0 Å². The van der Waals surface area contributed by atoms with Crippen molar-refractivity contribution in [3.63, 3.8) is 0 Å². The molecule has 0 spiro atoms. The molecular weight excluding hydrogens is 199 g/mol. The number of carboxylic acid groups (broad SMARTS) is 1. The largest absolute Gasteiger partial charge is 0.481 e. The lowest BCUT2D eigenvalue weighted by Gasteiger charge is -2.15. The van der Waals surface area contributed by atoms with Gasteiger partial charge in [0.15, 0.2) is 0 Å². The Labute approximate surface area is 75.8 Å². The summed E-state index contributed by atoms with van der Waals surface area (Å²) < 4.78 is 14.4. The van der Waals surface area contributed by atoms with Gasteiger partial charge in [-0.3, -0.25) is 9.32 Å². The highest BCUT2D eigenvalue weighted by Crippen LogP contribution is 2.36. The third-order valence-corrected chi connectivity index (χ3v) is 2.03. The first-order valence-electron chi connectivity index (χ1n) is 3.67. The van der Waals surface area contributed by atoms with Crippen molar-refractivity contribution < 1.29 is 28.8 Å². The van der Waals surface area contributed by atoms with E-state index in [1.165, 1.54) is 0 Å². The van der Waals surface area contributed by atoms with Crippen LogP contribution in [0, 0.1) is 11.8 Å². The third kappa shape index (κ3) is 5.76. The third-order valence-electron chi connectivity index (χ3n) is 1.54. The molecule has 13 heavy (non-hydrogen) atoms. The Morgan fingerprint density at radius 2 is 1.92 bits per heavy atom. The molecule has 0 unspecified atom stereocenters. The zero-order valence-electron chi connectivity index (χ0n) is 7.38. The van der Waals surface area contributed by atoms with Gasteiger partial charge in [-0.25, -0.2) is 4.57 Å². The van der Waals surface area contributed by atoms with Gasteiger partial charge in [0, 0.05) is 0 Å². The van der Waals surface area contributed by atoms with Gasteiger partial charge in [-0.2, -0.15) is 0 Å². The number of phosphoric acid groups is 1. The van der Waals surface area contributed by atoms with Crippen molar-refractivity contribution in [3.8, 4) is 0 Å². The summed E-state index contributed by atoms with van der Waals surface area (Å²) in [4.78, 5) is 27.2. The van der Waals surface area contributed by atoms with E-state index in [0.29, 0.717) is 0 Å². The lowest BCUT2D eigenvalue weighted by atomic mass is 9.97.